The van der Waals surface area contributed by atoms with Crippen molar-refractivity contribution in [3.63, 3.8) is 0 Å². The second-order valence-corrected chi connectivity index (χ2v) is 9.31. The highest BCUT2D eigenvalue weighted by molar-refractivity contribution is 9.10. The molecule has 1 aliphatic carbocycles. The molecule has 3 aromatic rings. The molecule has 0 aliphatic heterocycles. The molecule has 29 heavy (non-hydrogen) atoms. The molecule has 0 saturated carbocycles. The number of nitrogens with zero attached hydrogens (tertiary/aromatic N) is 1. The molecule has 9 heteroatoms. The summed E-state index contributed by atoms with van der Waals surface area (Å²) in [5.74, 6) is 1.29. The van der Waals surface area contributed by atoms with Crippen LogP contribution >= 0.6 is 15.9 Å². The number of ether oxygens (including phenoxy) is 2. The number of methoxy groups -OCH3 is 2. The highest BCUT2D eigenvalue weighted by Gasteiger charge is 2.32. The highest BCUT2D eigenvalue weighted by atomic mass is 79.9. The van der Waals surface area contributed by atoms with E-state index in [1.54, 1.807) is 18.2 Å². The Morgan fingerprint density at radius 2 is 1.86 bits per heavy atom. The molecule has 0 fully saturated rings. The van der Waals surface area contributed by atoms with E-state index >= 15 is 0 Å². The molecule has 0 radical (unpaired) electrons. The highest BCUT2D eigenvalue weighted by Crippen LogP contribution is 2.44. The number of hydrogen-bond donors (Lipinski definition) is 1. The Morgan fingerprint density at radius 1 is 1.17 bits per heavy atom. The van der Waals surface area contributed by atoms with E-state index in [-0.39, 0.29) is 28.1 Å². The minimum Gasteiger partial charge on any atom is -0.495 e. The minimum absolute atomic E-state index is 0.0891. The molecule has 0 spiro atoms. The fourth-order valence-corrected chi connectivity index (χ4v) is 5.33. The van der Waals surface area contributed by atoms with Gasteiger partial charge in [0.15, 0.2) is 16.5 Å². The molecule has 0 amide bonds. The minimum atomic E-state index is -4.04. The SMILES string of the molecule is COc1cccc(OC)c1S(=O)(=O)Nc1noc2c1CC(C)c1ccc(Br)cc1-2. The van der Waals surface area contributed by atoms with Gasteiger partial charge in [0.25, 0.3) is 10.0 Å². The van der Waals surface area contributed by atoms with E-state index in [0.29, 0.717) is 12.2 Å². The number of fused-ring (bicyclic) bond motifs is 3. The van der Waals surface area contributed by atoms with Gasteiger partial charge in [0.05, 0.1) is 14.2 Å². The second kappa shape index (κ2) is 7.38. The summed E-state index contributed by atoms with van der Waals surface area (Å²) in [5.41, 5.74) is 2.76. The van der Waals surface area contributed by atoms with Crippen LogP contribution in [0, 0.1) is 0 Å². The molecule has 1 unspecified atom stereocenters. The van der Waals surface area contributed by atoms with Gasteiger partial charge in [0.1, 0.15) is 11.5 Å². The van der Waals surface area contributed by atoms with E-state index in [9.17, 15) is 8.42 Å². The molecule has 1 atom stereocenters. The first-order valence-electron chi connectivity index (χ1n) is 8.88. The third-order valence-electron chi connectivity index (χ3n) is 4.97. The van der Waals surface area contributed by atoms with E-state index in [0.717, 1.165) is 21.2 Å². The van der Waals surface area contributed by atoms with E-state index < -0.39 is 10.0 Å². The lowest BCUT2D eigenvalue weighted by Gasteiger charge is -2.21. The van der Waals surface area contributed by atoms with Crippen LogP contribution in [-0.4, -0.2) is 27.8 Å². The van der Waals surface area contributed by atoms with Gasteiger partial charge in [-0.3, -0.25) is 4.72 Å². The van der Waals surface area contributed by atoms with Crippen LogP contribution in [-0.2, 0) is 16.4 Å². The molecule has 1 heterocycles. The van der Waals surface area contributed by atoms with Crippen LogP contribution in [0.5, 0.6) is 11.5 Å². The molecule has 0 bridgehead atoms. The fraction of sp³-hybridized carbons (Fsp3) is 0.250. The lowest BCUT2D eigenvalue weighted by molar-refractivity contribution is 0.373. The van der Waals surface area contributed by atoms with Crippen LogP contribution in [0.25, 0.3) is 11.3 Å². The van der Waals surface area contributed by atoms with Crippen molar-refractivity contribution in [3.8, 4) is 22.8 Å². The molecule has 2 aromatic carbocycles. The van der Waals surface area contributed by atoms with Gasteiger partial charge in [-0.1, -0.05) is 40.1 Å². The summed E-state index contributed by atoms with van der Waals surface area (Å²) in [6, 6.07) is 10.8. The van der Waals surface area contributed by atoms with E-state index in [2.05, 4.69) is 32.7 Å². The van der Waals surface area contributed by atoms with Gasteiger partial charge in [0, 0.05) is 15.6 Å². The van der Waals surface area contributed by atoms with Crippen LogP contribution in [0.4, 0.5) is 5.82 Å². The number of hydrogen-bond acceptors (Lipinski definition) is 6. The Balaban J connectivity index is 1.79. The standard InChI is InChI=1S/C20H19BrN2O5S/c1-11-9-15-18(14-10-12(21)7-8-13(11)14)28-22-20(15)23-29(24,25)19-16(26-2)5-4-6-17(19)27-3/h4-8,10-11H,9H2,1-3H3,(H,22,23). The summed E-state index contributed by atoms with van der Waals surface area (Å²) in [5, 5.41) is 4.02. The van der Waals surface area contributed by atoms with Crippen molar-refractivity contribution in [2.75, 3.05) is 18.9 Å². The van der Waals surface area contributed by atoms with Crippen molar-refractivity contribution in [1.82, 2.24) is 5.16 Å². The maximum atomic E-state index is 13.2. The van der Waals surface area contributed by atoms with Gasteiger partial charge >= 0.3 is 0 Å². The Labute approximate surface area is 177 Å². The number of aromatic nitrogens is 1. The predicted octanol–water partition coefficient (Wildman–Crippen LogP) is 4.58. The Morgan fingerprint density at radius 3 is 2.52 bits per heavy atom. The summed E-state index contributed by atoms with van der Waals surface area (Å²) >= 11 is 3.48. The van der Waals surface area contributed by atoms with Crippen LogP contribution in [0.15, 0.2) is 50.3 Å². The van der Waals surface area contributed by atoms with E-state index in [1.165, 1.54) is 14.2 Å². The van der Waals surface area contributed by atoms with Gasteiger partial charge in [-0.2, -0.15) is 0 Å². The first-order valence-corrected chi connectivity index (χ1v) is 11.2. The maximum absolute atomic E-state index is 13.2. The number of anilines is 1. The van der Waals surface area contributed by atoms with Gasteiger partial charge < -0.3 is 14.0 Å². The lowest BCUT2D eigenvalue weighted by Crippen LogP contribution is -2.17. The predicted molar refractivity (Wildman–Crippen MR) is 112 cm³/mol. The summed E-state index contributed by atoms with van der Waals surface area (Å²) in [4.78, 5) is -0.0891. The number of benzene rings is 2. The largest absolute Gasteiger partial charge is 0.495 e. The average Bonchev–Trinajstić information content (AvgIpc) is 3.09. The molecule has 4 rings (SSSR count). The summed E-state index contributed by atoms with van der Waals surface area (Å²) in [6.45, 7) is 2.09. The third kappa shape index (κ3) is 3.38. The summed E-state index contributed by atoms with van der Waals surface area (Å²) in [6.07, 6.45) is 0.606. The van der Waals surface area contributed by atoms with E-state index in [4.69, 9.17) is 14.0 Å². The average molecular weight is 479 g/mol. The van der Waals surface area contributed by atoms with Gasteiger partial charge in [0.2, 0.25) is 0 Å². The first-order chi connectivity index (χ1) is 13.9. The second-order valence-electron chi connectivity index (χ2n) is 6.77. The van der Waals surface area contributed by atoms with Gasteiger partial charge in [-0.15, -0.1) is 0 Å². The molecule has 152 valence electrons. The fourth-order valence-electron chi connectivity index (χ4n) is 3.62. The van der Waals surface area contributed by atoms with Crippen LogP contribution in [0.1, 0.15) is 24.0 Å². The van der Waals surface area contributed by atoms with Crippen LogP contribution in [0.3, 0.4) is 0 Å². The molecule has 7 nitrogen and oxygen atoms in total. The van der Waals surface area contributed by atoms with Gasteiger partial charge in [-0.25, -0.2) is 8.42 Å². The topological polar surface area (TPSA) is 90.7 Å². The Kier molecular flexibility index (Phi) is 5.04. The first kappa shape index (κ1) is 19.8. The zero-order valence-corrected chi connectivity index (χ0v) is 18.4. The van der Waals surface area contributed by atoms with Crippen molar-refractivity contribution in [3.05, 3.63) is 52.0 Å². The summed E-state index contributed by atoms with van der Waals surface area (Å²) in [7, 11) is -1.23. The molecule has 0 saturated heterocycles. The smallest absolute Gasteiger partial charge is 0.270 e. The number of rotatable bonds is 5. The van der Waals surface area contributed by atoms with Crippen molar-refractivity contribution in [1.29, 1.82) is 0 Å². The molecule has 1 N–H and O–H groups in total. The zero-order chi connectivity index (χ0) is 20.8. The quantitative estimate of drug-likeness (QED) is 0.576. The third-order valence-corrected chi connectivity index (χ3v) is 6.87. The normalized spacial score (nSPS) is 15.4. The number of halogens is 1. The Hall–Kier alpha value is -2.52. The van der Waals surface area contributed by atoms with E-state index in [1.807, 2.05) is 18.2 Å². The number of nitrogens with one attached hydrogen (secondary N) is 1. The van der Waals surface area contributed by atoms with Crippen LogP contribution < -0.4 is 14.2 Å². The molecule has 1 aliphatic rings. The molecule has 1 aromatic heterocycles. The lowest BCUT2D eigenvalue weighted by atomic mass is 9.83. The van der Waals surface area contributed by atoms with Crippen molar-refractivity contribution >= 4 is 31.8 Å². The monoisotopic (exact) mass is 478 g/mol. The number of sulfonamides is 1. The van der Waals surface area contributed by atoms with Gasteiger partial charge in [-0.05, 0) is 42.2 Å². The summed E-state index contributed by atoms with van der Waals surface area (Å²) < 4.78 is 45.8. The van der Waals surface area contributed by atoms with Crippen molar-refractivity contribution in [2.24, 2.45) is 0 Å². The van der Waals surface area contributed by atoms with Crippen LogP contribution in [0.2, 0.25) is 0 Å². The van der Waals surface area contributed by atoms with Crippen molar-refractivity contribution in [2.45, 2.75) is 24.2 Å². The van der Waals surface area contributed by atoms with Crippen molar-refractivity contribution < 1.29 is 22.4 Å². The zero-order valence-electron chi connectivity index (χ0n) is 16.0. The Bertz CT molecular complexity index is 1170. The molecular weight excluding hydrogens is 460 g/mol. The maximum Gasteiger partial charge on any atom is 0.270 e. The molecular formula is C20H19BrN2O5S.